The van der Waals surface area contributed by atoms with Crippen molar-refractivity contribution < 1.29 is 14.0 Å². The molecule has 0 saturated carbocycles. The van der Waals surface area contributed by atoms with Gasteiger partial charge in [0.1, 0.15) is 0 Å². The molecule has 2 aromatic carbocycles. The fraction of sp³-hybridized carbons (Fsp3) is 0.143. The molecule has 0 aliphatic carbocycles. The molecule has 0 saturated heterocycles. The predicted molar refractivity (Wildman–Crippen MR) is 102 cm³/mol. The average Bonchev–Trinajstić information content (AvgIpc) is 3.18. The molecule has 5 nitrogen and oxygen atoms in total. The number of nitrogens with one attached hydrogen (secondary N) is 2. The Kier molecular flexibility index (Phi) is 5.17. The Balaban J connectivity index is 1.80. The maximum atomic E-state index is 12.6. The van der Waals surface area contributed by atoms with E-state index in [1.807, 2.05) is 38.1 Å². The first-order valence-electron chi connectivity index (χ1n) is 8.43. The molecular weight excluding hydrogens is 328 g/mol. The smallest absolute Gasteiger partial charge is 0.291 e. The van der Waals surface area contributed by atoms with Crippen LogP contribution in [0.5, 0.6) is 0 Å². The summed E-state index contributed by atoms with van der Waals surface area (Å²) < 4.78 is 5.10. The minimum Gasteiger partial charge on any atom is -0.459 e. The number of anilines is 2. The van der Waals surface area contributed by atoms with E-state index in [1.54, 1.807) is 30.3 Å². The van der Waals surface area contributed by atoms with E-state index in [9.17, 15) is 9.59 Å². The largest absolute Gasteiger partial charge is 0.459 e. The topological polar surface area (TPSA) is 71.3 Å². The lowest BCUT2D eigenvalue weighted by molar-refractivity contribution is 0.0993. The number of hydrogen-bond acceptors (Lipinski definition) is 3. The first-order chi connectivity index (χ1) is 12.6. The van der Waals surface area contributed by atoms with Crippen molar-refractivity contribution in [1.29, 1.82) is 0 Å². The second-order valence-electron chi connectivity index (χ2n) is 5.93. The Morgan fingerprint density at radius 3 is 2.42 bits per heavy atom. The lowest BCUT2D eigenvalue weighted by Crippen LogP contribution is -2.15. The number of aryl methyl sites for hydroxylation is 2. The molecule has 2 amide bonds. The van der Waals surface area contributed by atoms with Gasteiger partial charge in [0.05, 0.1) is 6.26 Å². The van der Waals surface area contributed by atoms with E-state index in [1.165, 1.54) is 6.26 Å². The van der Waals surface area contributed by atoms with Gasteiger partial charge in [-0.05, 0) is 54.8 Å². The molecule has 0 radical (unpaired) electrons. The summed E-state index contributed by atoms with van der Waals surface area (Å²) in [5.74, 6) is -0.359. The zero-order chi connectivity index (χ0) is 18.5. The van der Waals surface area contributed by atoms with Crippen LogP contribution in [0.4, 0.5) is 11.4 Å². The van der Waals surface area contributed by atoms with Crippen molar-refractivity contribution in [2.24, 2.45) is 0 Å². The summed E-state index contributed by atoms with van der Waals surface area (Å²) in [7, 11) is 0. The first kappa shape index (κ1) is 17.5. The van der Waals surface area contributed by atoms with Crippen LogP contribution in [0.1, 0.15) is 39.0 Å². The first-order valence-corrected chi connectivity index (χ1v) is 8.43. The van der Waals surface area contributed by atoms with E-state index in [0.717, 1.165) is 23.2 Å². The predicted octanol–water partition coefficient (Wildman–Crippen LogP) is 4.66. The lowest BCUT2D eigenvalue weighted by atomic mass is 10.1. The maximum Gasteiger partial charge on any atom is 0.291 e. The van der Waals surface area contributed by atoms with Crippen LogP contribution in [0.2, 0.25) is 0 Å². The van der Waals surface area contributed by atoms with Crippen LogP contribution in [0.25, 0.3) is 0 Å². The van der Waals surface area contributed by atoms with E-state index in [-0.39, 0.29) is 17.6 Å². The molecule has 0 unspecified atom stereocenters. The Hall–Kier alpha value is -3.34. The zero-order valence-corrected chi connectivity index (χ0v) is 14.7. The highest BCUT2D eigenvalue weighted by Gasteiger charge is 2.14. The van der Waals surface area contributed by atoms with Crippen LogP contribution in [0.15, 0.2) is 65.3 Å². The van der Waals surface area contributed by atoms with Gasteiger partial charge >= 0.3 is 0 Å². The normalized spacial score (nSPS) is 10.4. The van der Waals surface area contributed by atoms with Crippen molar-refractivity contribution in [2.75, 3.05) is 10.6 Å². The zero-order valence-electron chi connectivity index (χ0n) is 14.7. The number of benzene rings is 2. The van der Waals surface area contributed by atoms with Gasteiger partial charge in [-0.25, -0.2) is 0 Å². The summed E-state index contributed by atoms with van der Waals surface area (Å²) in [6, 6.07) is 16.1. The van der Waals surface area contributed by atoms with E-state index in [4.69, 9.17) is 4.42 Å². The Labute approximate surface area is 152 Å². The van der Waals surface area contributed by atoms with Crippen LogP contribution < -0.4 is 10.6 Å². The highest BCUT2D eigenvalue weighted by Crippen LogP contribution is 2.21. The van der Waals surface area contributed by atoms with Crippen molar-refractivity contribution in [2.45, 2.75) is 20.3 Å². The van der Waals surface area contributed by atoms with Gasteiger partial charge in [0.15, 0.2) is 5.76 Å². The minimum atomic E-state index is -0.355. The number of carbonyl (C=O) groups is 2. The van der Waals surface area contributed by atoms with Gasteiger partial charge in [0.2, 0.25) is 0 Å². The average molecular weight is 348 g/mol. The number of carbonyl (C=O) groups excluding carboxylic acids is 2. The molecule has 1 heterocycles. The quantitative estimate of drug-likeness (QED) is 0.705. The molecule has 3 rings (SSSR count). The molecule has 5 heteroatoms. The van der Waals surface area contributed by atoms with Crippen LogP contribution >= 0.6 is 0 Å². The molecule has 0 aliphatic heterocycles. The standard InChI is InChI=1S/C21H20N2O3/c1-3-15-7-4-5-8-17(15)22-20(24)16-11-10-14(2)18(13-16)23-21(25)19-9-6-12-26-19/h4-13H,3H2,1-2H3,(H,22,24)(H,23,25). The van der Waals surface area contributed by atoms with E-state index in [0.29, 0.717) is 11.3 Å². The number of rotatable bonds is 5. The highest BCUT2D eigenvalue weighted by molar-refractivity contribution is 6.07. The monoisotopic (exact) mass is 348 g/mol. The second kappa shape index (κ2) is 7.70. The van der Waals surface area contributed by atoms with Gasteiger partial charge in [-0.1, -0.05) is 31.2 Å². The van der Waals surface area contributed by atoms with E-state index in [2.05, 4.69) is 10.6 Å². The van der Waals surface area contributed by atoms with Crippen LogP contribution in [0, 0.1) is 6.92 Å². The highest BCUT2D eigenvalue weighted by atomic mass is 16.3. The fourth-order valence-electron chi connectivity index (χ4n) is 2.63. The van der Waals surface area contributed by atoms with Crippen LogP contribution in [-0.4, -0.2) is 11.8 Å². The molecule has 132 valence electrons. The third kappa shape index (κ3) is 3.83. The number of furan rings is 1. The van der Waals surface area contributed by atoms with Gasteiger partial charge in [-0.15, -0.1) is 0 Å². The van der Waals surface area contributed by atoms with Gasteiger partial charge in [0.25, 0.3) is 11.8 Å². The van der Waals surface area contributed by atoms with Crippen LogP contribution in [0.3, 0.4) is 0 Å². The molecule has 2 N–H and O–H groups in total. The van der Waals surface area contributed by atoms with Gasteiger partial charge in [0, 0.05) is 16.9 Å². The number of para-hydroxylation sites is 1. The summed E-state index contributed by atoms with van der Waals surface area (Å²) in [5, 5.41) is 5.72. The van der Waals surface area contributed by atoms with Gasteiger partial charge in [-0.2, -0.15) is 0 Å². The molecule has 3 aromatic rings. The van der Waals surface area contributed by atoms with Crippen molar-refractivity contribution in [3.8, 4) is 0 Å². The van der Waals surface area contributed by atoms with E-state index < -0.39 is 0 Å². The molecule has 0 atom stereocenters. The molecule has 0 bridgehead atoms. The summed E-state index contributed by atoms with van der Waals surface area (Å²) in [4.78, 5) is 24.8. The van der Waals surface area contributed by atoms with Crippen LogP contribution in [-0.2, 0) is 6.42 Å². The lowest BCUT2D eigenvalue weighted by Gasteiger charge is -2.12. The van der Waals surface area contributed by atoms with Gasteiger partial charge in [-0.3, -0.25) is 9.59 Å². The summed E-state index contributed by atoms with van der Waals surface area (Å²) in [6.45, 7) is 3.91. The Morgan fingerprint density at radius 2 is 1.69 bits per heavy atom. The SMILES string of the molecule is CCc1ccccc1NC(=O)c1ccc(C)c(NC(=O)c2ccco2)c1. The minimum absolute atomic E-state index is 0.219. The van der Waals surface area contributed by atoms with Crippen molar-refractivity contribution in [3.05, 3.63) is 83.3 Å². The molecule has 1 aromatic heterocycles. The Bertz CT molecular complexity index is 930. The third-order valence-electron chi connectivity index (χ3n) is 4.14. The molecule has 0 fully saturated rings. The summed E-state index contributed by atoms with van der Waals surface area (Å²) >= 11 is 0. The maximum absolute atomic E-state index is 12.6. The third-order valence-corrected chi connectivity index (χ3v) is 4.14. The van der Waals surface area contributed by atoms with E-state index >= 15 is 0 Å². The molecule has 0 spiro atoms. The summed E-state index contributed by atoms with van der Waals surface area (Å²) in [5.41, 5.74) is 3.76. The van der Waals surface area contributed by atoms with Crippen molar-refractivity contribution >= 4 is 23.2 Å². The molecule has 26 heavy (non-hydrogen) atoms. The van der Waals surface area contributed by atoms with Crippen molar-refractivity contribution in [3.63, 3.8) is 0 Å². The van der Waals surface area contributed by atoms with Crippen molar-refractivity contribution in [1.82, 2.24) is 0 Å². The fourth-order valence-corrected chi connectivity index (χ4v) is 2.63. The molecule has 0 aliphatic rings. The second-order valence-corrected chi connectivity index (χ2v) is 5.93. The van der Waals surface area contributed by atoms with Gasteiger partial charge < -0.3 is 15.1 Å². The molecular formula is C21H20N2O3. The Morgan fingerprint density at radius 1 is 0.923 bits per heavy atom. The number of hydrogen-bond donors (Lipinski definition) is 2. The summed E-state index contributed by atoms with van der Waals surface area (Å²) in [6.07, 6.45) is 2.27. The number of amides is 2.